The van der Waals surface area contributed by atoms with Gasteiger partial charge in [0.15, 0.2) is 0 Å². The fourth-order valence-electron chi connectivity index (χ4n) is 1.68. The van der Waals surface area contributed by atoms with E-state index in [0.717, 1.165) is 5.56 Å². The number of carbonyl (C=O) groups excluding carboxylic acids is 1. The number of amides is 1. The van der Waals surface area contributed by atoms with Crippen LogP contribution in [0.4, 0.5) is 5.69 Å². The first-order chi connectivity index (χ1) is 9.06. The molecule has 0 saturated heterocycles. The van der Waals surface area contributed by atoms with Crippen LogP contribution < -0.4 is 5.32 Å². The Labute approximate surface area is 116 Å². The second-order valence-electron chi connectivity index (χ2n) is 4.26. The van der Waals surface area contributed by atoms with Gasteiger partial charge in [0.2, 0.25) is 0 Å². The zero-order valence-corrected chi connectivity index (χ0v) is 11.2. The van der Waals surface area contributed by atoms with Crippen molar-refractivity contribution < 1.29 is 9.90 Å². The lowest BCUT2D eigenvalue weighted by Crippen LogP contribution is -2.11. The summed E-state index contributed by atoms with van der Waals surface area (Å²) < 4.78 is 0. The lowest BCUT2D eigenvalue weighted by atomic mass is 10.1. The Kier molecular flexibility index (Phi) is 4.20. The molecule has 0 unspecified atom stereocenters. The highest BCUT2D eigenvalue weighted by Crippen LogP contribution is 2.18. The molecular formula is C15H14ClNO2. The first-order valence-electron chi connectivity index (χ1n) is 5.91. The van der Waals surface area contributed by atoms with Gasteiger partial charge in [0, 0.05) is 16.3 Å². The van der Waals surface area contributed by atoms with Gasteiger partial charge in [-0.3, -0.25) is 4.79 Å². The summed E-state index contributed by atoms with van der Waals surface area (Å²) in [7, 11) is 0. The molecule has 0 fully saturated rings. The normalized spacial score (nSPS) is 11.9. The lowest BCUT2D eigenvalue weighted by Gasteiger charge is -2.09. The van der Waals surface area contributed by atoms with E-state index in [9.17, 15) is 9.90 Å². The molecule has 2 N–H and O–H groups in total. The monoisotopic (exact) mass is 275 g/mol. The third-order valence-electron chi connectivity index (χ3n) is 2.73. The molecule has 98 valence electrons. The van der Waals surface area contributed by atoms with Crippen molar-refractivity contribution in [2.45, 2.75) is 13.0 Å². The molecule has 0 aromatic heterocycles. The summed E-state index contributed by atoms with van der Waals surface area (Å²) >= 11 is 5.77. The average molecular weight is 276 g/mol. The van der Waals surface area contributed by atoms with Gasteiger partial charge < -0.3 is 10.4 Å². The summed E-state index contributed by atoms with van der Waals surface area (Å²) in [5.41, 5.74) is 1.94. The number of carbonyl (C=O) groups is 1. The van der Waals surface area contributed by atoms with E-state index in [0.29, 0.717) is 16.3 Å². The van der Waals surface area contributed by atoms with Crippen LogP contribution in [0.15, 0.2) is 48.5 Å². The number of halogens is 1. The van der Waals surface area contributed by atoms with Crippen molar-refractivity contribution in [1.29, 1.82) is 0 Å². The molecule has 19 heavy (non-hydrogen) atoms. The zero-order chi connectivity index (χ0) is 13.8. The fraction of sp³-hybridized carbons (Fsp3) is 0.133. The van der Waals surface area contributed by atoms with Crippen LogP contribution in [0.3, 0.4) is 0 Å². The van der Waals surface area contributed by atoms with Crippen LogP contribution in [0.2, 0.25) is 5.02 Å². The Bertz CT molecular complexity index is 579. The molecule has 4 heteroatoms. The molecule has 0 radical (unpaired) electrons. The first kappa shape index (κ1) is 13.6. The predicted octanol–water partition coefficient (Wildman–Crippen LogP) is 3.65. The van der Waals surface area contributed by atoms with Gasteiger partial charge in [-0.05, 0) is 48.9 Å². The minimum Gasteiger partial charge on any atom is -0.389 e. The van der Waals surface area contributed by atoms with Crippen LogP contribution in [0.5, 0.6) is 0 Å². The summed E-state index contributed by atoms with van der Waals surface area (Å²) in [6.45, 7) is 1.68. The van der Waals surface area contributed by atoms with Gasteiger partial charge in [0.25, 0.3) is 5.91 Å². The van der Waals surface area contributed by atoms with E-state index >= 15 is 0 Å². The van der Waals surface area contributed by atoms with Crippen LogP contribution in [-0.2, 0) is 0 Å². The number of rotatable bonds is 3. The van der Waals surface area contributed by atoms with Crippen LogP contribution in [0, 0.1) is 0 Å². The molecule has 0 bridgehead atoms. The van der Waals surface area contributed by atoms with Crippen molar-refractivity contribution in [1.82, 2.24) is 0 Å². The summed E-state index contributed by atoms with van der Waals surface area (Å²) in [4.78, 5) is 12.0. The summed E-state index contributed by atoms with van der Waals surface area (Å²) in [6, 6.07) is 13.8. The minimum atomic E-state index is -0.563. The third kappa shape index (κ3) is 3.56. The van der Waals surface area contributed by atoms with Crippen molar-refractivity contribution in [2.24, 2.45) is 0 Å². The number of nitrogens with one attached hydrogen (secondary N) is 1. The molecule has 2 aromatic rings. The standard InChI is InChI=1S/C15H14ClNO2/c1-10(18)12-3-2-4-14(9-12)17-15(19)11-5-7-13(16)8-6-11/h2-10,18H,1H3,(H,17,19)/t10-/m0/s1. The van der Waals surface area contributed by atoms with Crippen LogP contribution in [0.25, 0.3) is 0 Å². The maximum atomic E-state index is 12.0. The Morgan fingerprint density at radius 2 is 1.89 bits per heavy atom. The number of hydrogen-bond acceptors (Lipinski definition) is 2. The number of benzene rings is 2. The van der Waals surface area contributed by atoms with Gasteiger partial charge in [-0.1, -0.05) is 23.7 Å². The van der Waals surface area contributed by atoms with Crippen molar-refractivity contribution in [3.05, 3.63) is 64.7 Å². The van der Waals surface area contributed by atoms with Crippen molar-refractivity contribution in [3.8, 4) is 0 Å². The molecule has 0 saturated carbocycles. The third-order valence-corrected chi connectivity index (χ3v) is 2.99. The van der Waals surface area contributed by atoms with Crippen molar-refractivity contribution in [3.63, 3.8) is 0 Å². The highest BCUT2D eigenvalue weighted by Gasteiger charge is 2.07. The summed E-state index contributed by atoms with van der Waals surface area (Å²) in [5.74, 6) is -0.209. The Hall–Kier alpha value is -1.84. The average Bonchev–Trinajstić information content (AvgIpc) is 2.39. The number of aliphatic hydroxyl groups excluding tert-OH is 1. The van der Waals surface area contributed by atoms with E-state index in [1.165, 1.54) is 0 Å². The van der Waals surface area contributed by atoms with Gasteiger partial charge in [0.1, 0.15) is 0 Å². The largest absolute Gasteiger partial charge is 0.389 e. The lowest BCUT2D eigenvalue weighted by molar-refractivity contribution is 0.102. The van der Waals surface area contributed by atoms with E-state index in [4.69, 9.17) is 11.6 Å². The maximum absolute atomic E-state index is 12.0. The Morgan fingerprint density at radius 1 is 1.21 bits per heavy atom. The van der Waals surface area contributed by atoms with E-state index in [2.05, 4.69) is 5.32 Å². The Balaban J connectivity index is 2.14. The van der Waals surface area contributed by atoms with E-state index < -0.39 is 6.10 Å². The maximum Gasteiger partial charge on any atom is 0.255 e. The summed E-state index contributed by atoms with van der Waals surface area (Å²) in [6.07, 6.45) is -0.563. The van der Waals surface area contributed by atoms with Gasteiger partial charge in [-0.25, -0.2) is 0 Å². The Morgan fingerprint density at radius 3 is 2.53 bits per heavy atom. The quantitative estimate of drug-likeness (QED) is 0.898. The first-order valence-corrected chi connectivity index (χ1v) is 6.29. The van der Waals surface area contributed by atoms with E-state index in [1.54, 1.807) is 49.4 Å². The molecule has 0 spiro atoms. The predicted molar refractivity (Wildman–Crippen MR) is 76.5 cm³/mol. The van der Waals surface area contributed by atoms with Crippen LogP contribution in [0.1, 0.15) is 28.9 Å². The number of anilines is 1. The van der Waals surface area contributed by atoms with Crippen LogP contribution >= 0.6 is 11.6 Å². The van der Waals surface area contributed by atoms with Crippen LogP contribution in [-0.4, -0.2) is 11.0 Å². The topological polar surface area (TPSA) is 49.3 Å². The molecule has 0 aliphatic rings. The molecule has 2 aromatic carbocycles. The summed E-state index contributed by atoms with van der Waals surface area (Å²) in [5, 5.41) is 12.9. The molecule has 1 amide bonds. The van der Waals surface area contributed by atoms with E-state index in [-0.39, 0.29) is 5.91 Å². The zero-order valence-electron chi connectivity index (χ0n) is 10.4. The van der Waals surface area contributed by atoms with Gasteiger partial charge in [-0.2, -0.15) is 0 Å². The van der Waals surface area contributed by atoms with Crippen molar-refractivity contribution >= 4 is 23.2 Å². The SMILES string of the molecule is C[C@H](O)c1cccc(NC(=O)c2ccc(Cl)cc2)c1. The molecule has 2 rings (SSSR count). The molecule has 1 atom stereocenters. The van der Waals surface area contributed by atoms with Gasteiger partial charge in [0.05, 0.1) is 6.10 Å². The second kappa shape index (κ2) is 5.87. The highest BCUT2D eigenvalue weighted by molar-refractivity contribution is 6.30. The second-order valence-corrected chi connectivity index (χ2v) is 4.70. The molecular weight excluding hydrogens is 262 g/mol. The minimum absolute atomic E-state index is 0.209. The number of aliphatic hydroxyl groups is 1. The van der Waals surface area contributed by atoms with Gasteiger partial charge >= 0.3 is 0 Å². The molecule has 0 heterocycles. The number of hydrogen-bond donors (Lipinski definition) is 2. The molecule has 0 aliphatic carbocycles. The smallest absolute Gasteiger partial charge is 0.255 e. The highest BCUT2D eigenvalue weighted by atomic mass is 35.5. The molecule has 3 nitrogen and oxygen atoms in total. The van der Waals surface area contributed by atoms with E-state index in [1.807, 2.05) is 6.07 Å². The fourth-order valence-corrected chi connectivity index (χ4v) is 1.81. The van der Waals surface area contributed by atoms with Gasteiger partial charge in [-0.15, -0.1) is 0 Å². The molecule has 0 aliphatic heterocycles. The van der Waals surface area contributed by atoms with Crippen molar-refractivity contribution in [2.75, 3.05) is 5.32 Å².